The van der Waals surface area contributed by atoms with E-state index >= 15 is 0 Å². The van der Waals surface area contributed by atoms with Crippen LogP contribution < -0.4 is 9.92 Å². The Bertz CT molecular complexity index is 2630. The summed E-state index contributed by atoms with van der Waals surface area (Å²) < 4.78 is 22.7. The van der Waals surface area contributed by atoms with E-state index in [1.165, 1.54) is 5.56 Å². The van der Waals surface area contributed by atoms with Crippen molar-refractivity contribution in [2.45, 2.75) is 13.5 Å². The third-order valence-corrected chi connectivity index (χ3v) is 12.1. The van der Waals surface area contributed by atoms with Crippen LogP contribution in [0.15, 0.2) is 170 Å². The van der Waals surface area contributed by atoms with Crippen LogP contribution in [0.25, 0.3) is 57.7 Å². The van der Waals surface area contributed by atoms with E-state index < -0.39 is 8.80 Å². The number of pyridine rings is 6. The Morgan fingerprint density at radius 2 is 0.951 bits per heavy atom. The maximum atomic E-state index is 6.02. The number of ether oxygens (including phenoxy) is 1. The molecule has 2 aromatic carbocycles. The van der Waals surface area contributed by atoms with Crippen LogP contribution in [-0.2, 0) is 39.4 Å². The summed E-state index contributed by atoms with van der Waals surface area (Å²) in [6.07, 6.45) is 11.3. The summed E-state index contributed by atoms with van der Waals surface area (Å²) in [4.78, 5) is 27.2. The van der Waals surface area contributed by atoms with Crippen molar-refractivity contribution < 1.29 is 37.5 Å². The summed E-state index contributed by atoms with van der Waals surface area (Å²) in [6.45, 7) is 2.49. The predicted octanol–water partition coefficient (Wildman–Crippen LogP) is 9.55. The molecule has 10 nitrogen and oxygen atoms in total. The quantitative estimate of drug-likeness (QED) is 0.104. The molecule has 6 heterocycles. The van der Waals surface area contributed by atoms with Gasteiger partial charge in [0, 0.05) is 70.8 Å². The fourth-order valence-electron chi connectivity index (χ4n) is 6.28. The van der Waals surface area contributed by atoms with Crippen molar-refractivity contribution >= 4 is 26.1 Å². The van der Waals surface area contributed by atoms with Crippen molar-refractivity contribution in [2.24, 2.45) is 0 Å². The number of hydrogen-bond acceptors (Lipinski definition) is 10. The van der Waals surface area contributed by atoms with Crippen LogP contribution in [0.3, 0.4) is 0 Å². The number of aromatic nitrogens is 6. The maximum Gasteiger partial charge on any atom is 0.536 e. The first kappa shape index (κ1) is 44.2. The van der Waals surface area contributed by atoms with Gasteiger partial charge in [0.1, 0.15) is 12.4 Å². The maximum absolute atomic E-state index is 6.02. The molecule has 61 heavy (non-hydrogen) atoms. The van der Waals surface area contributed by atoms with E-state index in [4.69, 9.17) is 28.0 Å². The molecule has 0 saturated heterocycles. The zero-order valence-electron chi connectivity index (χ0n) is 34.2. The Balaban J connectivity index is 0.000000378. The van der Waals surface area contributed by atoms with Crippen molar-refractivity contribution in [1.82, 2.24) is 29.9 Å². The molecule has 0 bridgehead atoms. The molecule has 0 saturated carbocycles. The summed E-state index contributed by atoms with van der Waals surface area (Å²) in [7, 11) is 1.96. The Kier molecular flexibility index (Phi) is 15.7. The third kappa shape index (κ3) is 11.7. The summed E-state index contributed by atoms with van der Waals surface area (Å²) in [5, 5.41) is 0.899. The second-order valence-corrected chi connectivity index (χ2v) is 16.4. The summed E-state index contributed by atoms with van der Waals surface area (Å²) in [5.41, 5.74) is 10.9. The van der Waals surface area contributed by atoms with Gasteiger partial charge in [0.05, 0.1) is 45.6 Å². The minimum absolute atomic E-state index is 0. The second kappa shape index (κ2) is 21.7. The van der Waals surface area contributed by atoms with Gasteiger partial charge in [-0.15, -0.1) is 0 Å². The average molecular weight is 910 g/mol. The predicted molar refractivity (Wildman–Crippen MR) is 239 cm³/mol. The van der Waals surface area contributed by atoms with E-state index in [2.05, 4.69) is 32.1 Å². The molecule has 0 atom stereocenters. The van der Waals surface area contributed by atoms with Crippen molar-refractivity contribution in [2.75, 3.05) is 21.3 Å². The number of hydrogen-bond donors (Lipinski definition) is 0. The van der Waals surface area contributed by atoms with Crippen LogP contribution in [0.4, 0.5) is 0 Å². The minimum Gasteiger partial charge on any atom is -0.489 e. The summed E-state index contributed by atoms with van der Waals surface area (Å²) in [5.74, 6) is 0.790. The van der Waals surface area contributed by atoms with E-state index in [1.54, 1.807) is 46.1 Å². The zero-order chi connectivity index (χ0) is 41.6. The molecule has 306 valence electrons. The van der Waals surface area contributed by atoms with E-state index in [-0.39, 0.29) is 19.5 Å². The smallest absolute Gasteiger partial charge is 0.489 e. The van der Waals surface area contributed by atoms with Gasteiger partial charge in [-0.3, -0.25) is 19.9 Å². The molecule has 0 N–H and O–H groups in total. The Hall–Kier alpha value is -6.40. The molecule has 0 unspecified atom stereocenters. The first-order valence-corrected chi connectivity index (χ1v) is 21.0. The Labute approximate surface area is 370 Å². The van der Waals surface area contributed by atoms with Gasteiger partial charge in [-0.05, 0) is 114 Å². The van der Waals surface area contributed by atoms with Crippen LogP contribution in [0.5, 0.6) is 5.75 Å². The van der Waals surface area contributed by atoms with Crippen molar-refractivity contribution in [1.29, 1.82) is 0 Å². The van der Waals surface area contributed by atoms with Gasteiger partial charge < -0.3 is 18.0 Å². The molecule has 0 aliphatic rings. The van der Waals surface area contributed by atoms with Gasteiger partial charge in [0.2, 0.25) is 0 Å². The van der Waals surface area contributed by atoms with E-state index in [0.717, 1.165) is 73.2 Å². The number of benzene rings is 2. The van der Waals surface area contributed by atoms with Crippen molar-refractivity contribution in [3.8, 4) is 51.3 Å². The van der Waals surface area contributed by atoms with Crippen molar-refractivity contribution in [3.63, 3.8) is 0 Å². The number of nitrogens with zero attached hydrogens (tertiary/aromatic N) is 6. The van der Waals surface area contributed by atoms with Crippen LogP contribution >= 0.6 is 0 Å². The standard InChI is InChI=1S/C38H34N4O4Si.C11H10N2.Ru/c1-43-47(44-2,45-3)32-21-17-30(18-22-32)27-46-31-19-15-28(16-20-31)13-14-29-23-25-40-38(26-29)37-12-7-11-36(42-37)35-10-6-9-34(41-35)33-8-4-5-24-39-33;1-9-5-7-13-11(8-9)10-4-2-3-6-12-10;/h4-26H,27H2,1-3H3;2-8H,1H3;/b14-13+;;. The molecule has 0 aliphatic carbocycles. The third-order valence-electron chi connectivity index (χ3n) is 9.44. The summed E-state index contributed by atoms with van der Waals surface area (Å²) in [6, 6.07) is 47.3. The van der Waals surface area contributed by atoms with Gasteiger partial charge >= 0.3 is 8.80 Å². The van der Waals surface area contributed by atoms with Gasteiger partial charge in [-0.25, -0.2) is 9.97 Å². The van der Waals surface area contributed by atoms with Gasteiger partial charge in [0.25, 0.3) is 0 Å². The molecule has 6 aromatic heterocycles. The number of rotatable bonds is 13. The second-order valence-electron chi connectivity index (χ2n) is 13.5. The molecule has 12 heteroatoms. The molecule has 8 rings (SSSR count). The largest absolute Gasteiger partial charge is 0.536 e. The Morgan fingerprint density at radius 3 is 1.51 bits per heavy atom. The average Bonchev–Trinajstić information content (AvgIpc) is 3.32. The van der Waals surface area contributed by atoms with Crippen LogP contribution in [0.1, 0.15) is 22.3 Å². The topological polar surface area (TPSA) is 114 Å². The van der Waals surface area contributed by atoms with Gasteiger partial charge in [-0.1, -0.05) is 72.8 Å². The van der Waals surface area contributed by atoms with Gasteiger partial charge in [-0.2, -0.15) is 0 Å². The SMILES string of the molecule is CO[Si](OC)(OC)c1ccc(COc2ccc(/C=C/c3ccnc(-c4cccc(-c5cccc(-c6ccccn6)n5)n4)c3)cc2)cc1.Cc1ccnc(-c2ccccn2)c1.[Ru]. The molecule has 8 aromatic rings. The molecule has 0 fully saturated rings. The van der Waals surface area contributed by atoms with E-state index in [0.29, 0.717) is 6.61 Å². The fourth-order valence-corrected chi connectivity index (χ4v) is 8.06. The van der Waals surface area contributed by atoms with Crippen molar-refractivity contribution in [3.05, 3.63) is 193 Å². The summed E-state index contributed by atoms with van der Waals surface area (Å²) >= 11 is 0. The molecular weight excluding hydrogens is 866 g/mol. The Morgan fingerprint density at radius 1 is 0.459 bits per heavy atom. The first-order valence-electron chi connectivity index (χ1n) is 19.3. The number of aryl methyl sites for hydroxylation is 1. The molecule has 0 aliphatic heterocycles. The normalized spacial score (nSPS) is 11.0. The molecule has 0 amide bonds. The fraction of sp³-hybridized carbons (Fsp3) is 0.102. The van der Waals surface area contributed by atoms with Crippen LogP contribution in [-0.4, -0.2) is 60.0 Å². The molecule has 0 spiro atoms. The van der Waals surface area contributed by atoms with Crippen LogP contribution in [0.2, 0.25) is 0 Å². The van der Waals surface area contributed by atoms with E-state index in [1.807, 2.05) is 153 Å². The minimum atomic E-state index is -2.85. The van der Waals surface area contributed by atoms with E-state index in [9.17, 15) is 0 Å². The monoisotopic (exact) mass is 910 g/mol. The molecule has 0 radical (unpaired) electrons. The molecular formula is C49H44N6O4RuSi. The first-order chi connectivity index (χ1) is 29.4. The van der Waals surface area contributed by atoms with Crippen LogP contribution in [0, 0.1) is 6.92 Å². The van der Waals surface area contributed by atoms with Gasteiger partial charge in [0.15, 0.2) is 0 Å². The zero-order valence-corrected chi connectivity index (χ0v) is 36.9.